The van der Waals surface area contributed by atoms with Gasteiger partial charge in [-0.1, -0.05) is 36.4 Å². The van der Waals surface area contributed by atoms with Gasteiger partial charge in [-0.05, 0) is 30.3 Å². The van der Waals surface area contributed by atoms with E-state index in [0.29, 0.717) is 43.4 Å². The minimum absolute atomic E-state index is 0.0456. The molecule has 168 valence electrons. The highest BCUT2D eigenvalue weighted by Crippen LogP contribution is 2.23. The van der Waals surface area contributed by atoms with E-state index < -0.39 is 25.1 Å². The van der Waals surface area contributed by atoms with Crippen molar-refractivity contribution in [1.29, 1.82) is 0 Å². The third kappa shape index (κ3) is 5.32. The summed E-state index contributed by atoms with van der Waals surface area (Å²) < 4.78 is 52.5. The molecule has 1 N–H and O–H groups in total. The maximum atomic E-state index is 12.8. The molecule has 9 nitrogen and oxygen atoms in total. The lowest BCUT2D eigenvalue weighted by molar-refractivity contribution is 0.144. The van der Waals surface area contributed by atoms with Crippen LogP contribution < -0.4 is 0 Å². The van der Waals surface area contributed by atoms with Crippen LogP contribution in [-0.4, -0.2) is 83.7 Å². The minimum atomic E-state index is -3.60. The van der Waals surface area contributed by atoms with E-state index in [-0.39, 0.29) is 17.9 Å². The number of sulfone groups is 1. The summed E-state index contributed by atoms with van der Waals surface area (Å²) in [4.78, 5) is 6.45. The van der Waals surface area contributed by atoms with Crippen LogP contribution in [0.4, 0.5) is 0 Å². The first-order chi connectivity index (χ1) is 14.7. The molecule has 0 radical (unpaired) electrons. The molecule has 0 amide bonds. The van der Waals surface area contributed by atoms with Gasteiger partial charge in [-0.25, -0.2) is 21.5 Å². The number of piperazine rings is 1. The number of rotatable bonds is 6. The van der Waals surface area contributed by atoms with Crippen LogP contribution in [0.25, 0.3) is 12.2 Å². The molecule has 12 heteroatoms. The third-order valence-corrected chi connectivity index (χ3v) is 10.2. The molecule has 1 atom stereocenters. The monoisotopic (exact) mass is 483 g/mol. The molecule has 1 unspecified atom stereocenters. The fraction of sp³-hybridized carbons (Fsp3) is 0.474. The summed E-state index contributed by atoms with van der Waals surface area (Å²) in [6.07, 6.45) is 4.00. The Morgan fingerprint density at radius 3 is 2.48 bits per heavy atom. The summed E-state index contributed by atoms with van der Waals surface area (Å²) in [6.45, 7) is 2.22. The average molecular weight is 484 g/mol. The van der Waals surface area contributed by atoms with Crippen molar-refractivity contribution >= 4 is 44.2 Å². The molecule has 2 aromatic rings. The lowest BCUT2D eigenvalue weighted by Crippen LogP contribution is -2.51. The van der Waals surface area contributed by atoms with Crippen LogP contribution in [0.3, 0.4) is 0 Å². The van der Waals surface area contributed by atoms with Crippen LogP contribution in [0.15, 0.2) is 30.3 Å². The largest absolute Gasteiger partial charge is 0.282 e. The Bertz CT molecular complexity index is 1210. The Morgan fingerprint density at radius 2 is 1.84 bits per heavy atom. The Labute approximate surface area is 187 Å². The van der Waals surface area contributed by atoms with Gasteiger partial charge in [-0.15, -0.1) is 0 Å². The summed E-state index contributed by atoms with van der Waals surface area (Å²) in [5.41, 5.74) is 1.06. The number of nitrogens with zero attached hydrogens (tertiary/aromatic N) is 4. The average Bonchev–Trinajstić information content (AvgIpc) is 3.29. The van der Waals surface area contributed by atoms with Gasteiger partial charge >= 0.3 is 0 Å². The molecule has 1 aromatic carbocycles. The fourth-order valence-corrected chi connectivity index (χ4v) is 8.53. The number of aromatic nitrogens is 3. The maximum absolute atomic E-state index is 12.8. The first-order valence-electron chi connectivity index (χ1n) is 10.0. The smallest absolute Gasteiger partial charge is 0.218 e. The Hall–Kier alpha value is -1.86. The number of hydrogen-bond donors (Lipinski definition) is 1. The standard InChI is InChI=1S/C19H25N5O4S3/c25-30(26)13-8-17(14-30)31(27,28)23-11-9-22(10-12-23)15-24-19(29)20-18(21-24)7-6-16-4-2-1-3-5-16/h1-7,17H,8-15H2,(H,20,21,29)/b7-6+. The first-order valence-corrected chi connectivity index (χ1v) is 13.8. The number of sulfonamides is 1. The molecule has 2 aliphatic rings. The summed E-state index contributed by atoms with van der Waals surface area (Å²) in [6, 6.07) is 9.88. The SMILES string of the molecule is O=S1(=O)CCC(S(=O)(=O)N2CCN(Cn3[nH]c(/C=C/c4ccccc4)nc3=S)CC2)C1. The molecule has 0 saturated carbocycles. The first kappa shape index (κ1) is 22.3. The lowest BCUT2D eigenvalue weighted by atomic mass is 10.2. The fourth-order valence-electron chi connectivity index (χ4n) is 3.82. The third-order valence-electron chi connectivity index (χ3n) is 5.57. The van der Waals surface area contributed by atoms with Crippen LogP contribution in [-0.2, 0) is 26.5 Å². The molecule has 2 fully saturated rings. The summed E-state index contributed by atoms with van der Waals surface area (Å²) in [7, 11) is -6.84. The lowest BCUT2D eigenvalue weighted by Gasteiger charge is -2.35. The summed E-state index contributed by atoms with van der Waals surface area (Å²) in [5.74, 6) is 0.339. The summed E-state index contributed by atoms with van der Waals surface area (Å²) in [5, 5.41) is 2.35. The molecule has 0 aliphatic carbocycles. The van der Waals surface area contributed by atoms with Crippen molar-refractivity contribution in [2.75, 3.05) is 37.7 Å². The number of hydrogen-bond acceptors (Lipinski definition) is 7. The van der Waals surface area contributed by atoms with Gasteiger partial charge in [-0.3, -0.25) is 10.00 Å². The second kappa shape index (κ2) is 8.94. The van der Waals surface area contributed by atoms with Gasteiger partial charge in [0.15, 0.2) is 9.84 Å². The van der Waals surface area contributed by atoms with E-state index in [9.17, 15) is 16.8 Å². The van der Waals surface area contributed by atoms with Crippen LogP contribution in [0.5, 0.6) is 0 Å². The van der Waals surface area contributed by atoms with E-state index >= 15 is 0 Å². The van der Waals surface area contributed by atoms with Crippen molar-refractivity contribution in [3.8, 4) is 0 Å². The Morgan fingerprint density at radius 1 is 1.13 bits per heavy atom. The second-order valence-electron chi connectivity index (χ2n) is 7.79. The Balaban J connectivity index is 1.35. The van der Waals surface area contributed by atoms with Gasteiger partial charge in [-0.2, -0.15) is 9.29 Å². The number of H-pyrrole nitrogens is 1. The maximum Gasteiger partial charge on any atom is 0.218 e. The van der Waals surface area contributed by atoms with Gasteiger partial charge in [0, 0.05) is 26.2 Å². The van der Waals surface area contributed by atoms with Gasteiger partial charge in [0.1, 0.15) is 5.82 Å². The molecule has 2 aliphatic heterocycles. The summed E-state index contributed by atoms with van der Waals surface area (Å²) >= 11 is 5.35. The molecule has 0 bridgehead atoms. The van der Waals surface area contributed by atoms with E-state index in [1.807, 2.05) is 42.5 Å². The molecule has 31 heavy (non-hydrogen) atoms. The minimum Gasteiger partial charge on any atom is -0.282 e. The number of aromatic amines is 1. The highest BCUT2D eigenvalue weighted by atomic mass is 32.2. The van der Waals surface area contributed by atoms with Crippen molar-refractivity contribution < 1.29 is 16.8 Å². The molecular weight excluding hydrogens is 458 g/mol. The quantitative estimate of drug-likeness (QED) is 0.615. The van der Waals surface area contributed by atoms with E-state index in [1.54, 1.807) is 4.68 Å². The van der Waals surface area contributed by atoms with Gasteiger partial charge in [0.2, 0.25) is 14.8 Å². The van der Waals surface area contributed by atoms with E-state index in [2.05, 4.69) is 15.0 Å². The van der Waals surface area contributed by atoms with Crippen molar-refractivity contribution in [3.05, 3.63) is 46.5 Å². The van der Waals surface area contributed by atoms with Crippen molar-refractivity contribution in [2.24, 2.45) is 0 Å². The molecule has 3 heterocycles. The zero-order chi connectivity index (χ0) is 22.1. The molecule has 4 rings (SSSR count). The topological polar surface area (TPSA) is 108 Å². The van der Waals surface area contributed by atoms with Crippen molar-refractivity contribution in [1.82, 2.24) is 24.0 Å². The van der Waals surface area contributed by atoms with Crippen LogP contribution in [0, 0.1) is 4.77 Å². The second-order valence-corrected chi connectivity index (χ2v) is 12.6. The van der Waals surface area contributed by atoms with Crippen molar-refractivity contribution in [2.45, 2.75) is 18.3 Å². The van der Waals surface area contributed by atoms with Gasteiger partial charge < -0.3 is 0 Å². The molecule has 2 saturated heterocycles. The highest BCUT2D eigenvalue weighted by Gasteiger charge is 2.41. The van der Waals surface area contributed by atoms with E-state index in [1.165, 1.54) is 4.31 Å². The molecular formula is C19H25N5O4S3. The predicted molar refractivity (Wildman–Crippen MR) is 122 cm³/mol. The van der Waals surface area contributed by atoms with Crippen LogP contribution >= 0.6 is 12.2 Å². The van der Waals surface area contributed by atoms with Crippen LogP contribution in [0.1, 0.15) is 17.8 Å². The predicted octanol–water partition coefficient (Wildman–Crippen LogP) is 1.20. The van der Waals surface area contributed by atoms with E-state index in [0.717, 1.165) is 5.56 Å². The Kier molecular flexibility index (Phi) is 6.44. The number of nitrogens with one attached hydrogen (secondary N) is 1. The van der Waals surface area contributed by atoms with Gasteiger partial charge in [0.05, 0.1) is 23.4 Å². The zero-order valence-corrected chi connectivity index (χ0v) is 19.4. The van der Waals surface area contributed by atoms with Crippen LogP contribution in [0.2, 0.25) is 0 Å². The van der Waals surface area contributed by atoms with Gasteiger partial charge in [0.25, 0.3) is 0 Å². The highest BCUT2D eigenvalue weighted by molar-refractivity contribution is 7.95. The molecule has 0 spiro atoms. The molecule has 1 aromatic heterocycles. The number of benzene rings is 1. The van der Waals surface area contributed by atoms with Crippen molar-refractivity contribution in [3.63, 3.8) is 0 Å². The zero-order valence-electron chi connectivity index (χ0n) is 16.9. The normalized spacial score (nSPS) is 22.9. The van der Waals surface area contributed by atoms with E-state index in [4.69, 9.17) is 12.2 Å².